The van der Waals surface area contributed by atoms with Crippen LogP contribution < -0.4 is 0 Å². The lowest BCUT2D eigenvalue weighted by Gasteiger charge is -2.34. The van der Waals surface area contributed by atoms with E-state index < -0.39 is 5.97 Å². The molecule has 0 aliphatic carbocycles. The second kappa shape index (κ2) is 6.00. The maximum absolute atomic E-state index is 12.8. The summed E-state index contributed by atoms with van der Waals surface area (Å²) in [5, 5.41) is 10.1. The van der Waals surface area contributed by atoms with Crippen molar-refractivity contribution in [1.29, 1.82) is 0 Å². The van der Waals surface area contributed by atoms with E-state index in [0.29, 0.717) is 30.9 Å². The van der Waals surface area contributed by atoms with Crippen LogP contribution in [0.4, 0.5) is 0 Å². The van der Waals surface area contributed by atoms with Crippen molar-refractivity contribution in [2.24, 2.45) is 11.8 Å². The summed E-state index contributed by atoms with van der Waals surface area (Å²) in [7, 11) is 0. The minimum atomic E-state index is -0.783. The van der Waals surface area contributed by atoms with Gasteiger partial charge < -0.3 is 14.4 Å². The molecule has 2 aromatic rings. The van der Waals surface area contributed by atoms with Crippen molar-refractivity contribution in [3.8, 4) is 0 Å². The number of hydrogen-bond acceptors (Lipinski definition) is 3. The summed E-state index contributed by atoms with van der Waals surface area (Å²) in [6.07, 6.45) is 0.479. The van der Waals surface area contributed by atoms with Crippen LogP contribution in [0.1, 0.15) is 29.5 Å². The summed E-state index contributed by atoms with van der Waals surface area (Å²) >= 11 is 3.42. The third kappa shape index (κ3) is 2.87. The molecule has 1 fully saturated rings. The number of carbonyl (C=O) groups excluding carboxylic acids is 1. The van der Waals surface area contributed by atoms with Gasteiger partial charge in [0.05, 0.1) is 5.92 Å². The summed E-state index contributed by atoms with van der Waals surface area (Å²) in [5.74, 6) is -1.05. The minimum absolute atomic E-state index is 0.0657. The normalized spacial score (nSPS) is 21.6. The maximum atomic E-state index is 12.8. The van der Waals surface area contributed by atoms with Crippen LogP contribution in [0.25, 0.3) is 11.0 Å². The number of benzene rings is 1. The molecule has 6 heteroatoms. The Hall–Kier alpha value is -1.82. The zero-order valence-electron chi connectivity index (χ0n) is 13.0. The number of carbonyl (C=O) groups is 2. The topological polar surface area (TPSA) is 70.8 Å². The number of nitrogens with zero attached hydrogens (tertiary/aromatic N) is 1. The SMILES string of the molecule is Cc1c(C(=O)N2CCC(C(=O)O)C(C)C2)oc2ccc(Br)cc12. The average molecular weight is 380 g/mol. The molecule has 2 heterocycles. The fraction of sp³-hybridized carbons (Fsp3) is 0.412. The molecule has 0 spiro atoms. The van der Waals surface area contributed by atoms with Crippen molar-refractivity contribution in [1.82, 2.24) is 4.90 Å². The Morgan fingerprint density at radius 2 is 2.13 bits per heavy atom. The molecule has 0 radical (unpaired) electrons. The number of carboxylic acids is 1. The van der Waals surface area contributed by atoms with Crippen LogP contribution in [-0.2, 0) is 4.79 Å². The third-order valence-electron chi connectivity index (χ3n) is 4.60. The third-order valence-corrected chi connectivity index (χ3v) is 5.10. The lowest BCUT2D eigenvalue weighted by Crippen LogP contribution is -2.45. The van der Waals surface area contributed by atoms with E-state index in [1.807, 2.05) is 32.0 Å². The quantitative estimate of drug-likeness (QED) is 0.863. The smallest absolute Gasteiger partial charge is 0.306 e. The largest absolute Gasteiger partial charge is 0.481 e. The molecule has 5 nitrogen and oxygen atoms in total. The van der Waals surface area contributed by atoms with Crippen molar-refractivity contribution in [2.45, 2.75) is 20.3 Å². The fourth-order valence-corrected chi connectivity index (χ4v) is 3.60. The number of amides is 1. The predicted octanol–water partition coefficient (Wildman–Crippen LogP) is 3.69. The molecule has 0 saturated carbocycles. The van der Waals surface area contributed by atoms with Gasteiger partial charge in [-0.25, -0.2) is 0 Å². The van der Waals surface area contributed by atoms with Gasteiger partial charge in [0.1, 0.15) is 5.58 Å². The highest BCUT2D eigenvalue weighted by molar-refractivity contribution is 9.10. The van der Waals surface area contributed by atoms with Crippen LogP contribution >= 0.6 is 15.9 Å². The van der Waals surface area contributed by atoms with Gasteiger partial charge in [-0.05, 0) is 37.5 Å². The van der Waals surface area contributed by atoms with E-state index >= 15 is 0 Å². The molecule has 1 aliphatic rings. The Labute approximate surface area is 142 Å². The van der Waals surface area contributed by atoms with Crippen molar-refractivity contribution in [3.63, 3.8) is 0 Å². The van der Waals surface area contributed by atoms with E-state index in [9.17, 15) is 14.7 Å². The van der Waals surface area contributed by atoms with Crippen molar-refractivity contribution in [2.75, 3.05) is 13.1 Å². The Bertz CT molecular complexity index is 782. The van der Waals surface area contributed by atoms with Gasteiger partial charge in [-0.2, -0.15) is 0 Å². The first kappa shape index (κ1) is 16.1. The fourth-order valence-electron chi connectivity index (χ4n) is 3.24. The summed E-state index contributed by atoms with van der Waals surface area (Å²) < 4.78 is 6.68. The molecule has 1 N–H and O–H groups in total. The molecule has 1 saturated heterocycles. The number of piperidine rings is 1. The predicted molar refractivity (Wildman–Crippen MR) is 89.5 cm³/mol. The van der Waals surface area contributed by atoms with Crippen LogP contribution in [0.5, 0.6) is 0 Å². The molecule has 1 aromatic carbocycles. The van der Waals surface area contributed by atoms with E-state index in [-0.39, 0.29) is 17.7 Å². The highest BCUT2D eigenvalue weighted by atomic mass is 79.9. The van der Waals surface area contributed by atoms with Gasteiger partial charge >= 0.3 is 5.97 Å². The standard InChI is InChI=1S/C17H18BrNO4/c1-9-8-19(6-5-12(9)17(21)22)16(20)15-10(2)13-7-11(18)3-4-14(13)23-15/h3-4,7,9,12H,5-6,8H2,1-2H3,(H,21,22). The van der Waals surface area contributed by atoms with E-state index in [1.165, 1.54) is 0 Å². The van der Waals surface area contributed by atoms with E-state index in [0.717, 1.165) is 15.4 Å². The maximum Gasteiger partial charge on any atom is 0.306 e. The van der Waals surface area contributed by atoms with Gasteiger partial charge in [0.15, 0.2) is 5.76 Å². The lowest BCUT2D eigenvalue weighted by molar-refractivity contribution is -0.145. The molecule has 3 rings (SSSR count). The number of hydrogen-bond donors (Lipinski definition) is 1. The van der Waals surface area contributed by atoms with Gasteiger partial charge in [-0.1, -0.05) is 22.9 Å². The van der Waals surface area contributed by atoms with Crippen LogP contribution in [0.2, 0.25) is 0 Å². The monoisotopic (exact) mass is 379 g/mol. The second-order valence-electron chi connectivity index (χ2n) is 6.16. The number of likely N-dealkylation sites (tertiary alicyclic amines) is 1. The first-order chi connectivity index (χ1) is 10.9. The second-order valence-corrected chi connectivity index (χ2v) is 7.07. The van der Waals surface area contributed by atoms with Crippen LogP contribution in [0, 0.1) is 18.8 Å². The zero-order chi connectivity index (χ0) is 16.7. The molecule has 1 aliphatic heterocycles. The van der Waals surface area contributed by atoms with Crippen LogP contribution in [-0.4, -0.2) is 35.0 Å². The number of aryl methyl sites for hydroxylation is 1. The van der Waals surface area contributed by atoms with E-state index in [4.69, 9.17) is 4.42 Å². The van der Waals surface area contributed by atoms with Crippen molar-refractivity contribution >= 4 is 38.8 Å². The summed E-state index contributed by atoms with van der Waals surface area (Å²) in [6, 6.07) is 5.65. The Kier molecular flexibility index (Phi) is 4.19. The van der Waals surface area contributed by atoms with Gasteiger partial charge in [0, 0.05) is 28.5 Å². The average Bonchev–Trinajstić information content (AvgIpc) is 2.83. The van der Waals surface area contributed by atoms with Gasteiger partial charge in [0.25, 0.3) is 5.91 Å². The van der Waals surface area contributed by atoms with Gasteiger partial charge in [-0.3, -0.25) is 9.59 Å². The molecule has 2 unspecified atom stereocenters. The lowest BCUT2D eigenvalue weighted by atomic mass is 9.87. The van der Waals surface area contributed by atoms with E-state index in [2.05, 4.69) is 15.9 Å². The first-order valence-electron chi connectivity index (χ1n) is 7.59. The number of fused-ring (bicyclic) bond motifs is 1. The number of carboxylic acid groups (broad SMARTS) is 1. The molecular formula is C17H18BrNO4. The molecule has 122 valence electrons. The van der Waals surface area contributed by atoms with Crippen LogP contribution in [0.3, 0.4) is 0 Å². The first-order valence-corrected chi connectivity index (χ1v) is 8.38. The molecule has 2 atom stereocenters. The van der Waals surface area contributed by atoms with Crippen molar-refractivity contribution in [3.05, 3.63) is 34.0 Å². The molecule has 1 amide bonds. The molecule has 23 heavy (non-hydrogen) atoms. The molecule has 1 aromatic heterocycles. The summed E-state index contributed by atoms with van der Waals surface area (Å²) in [6.45, 7) is 4.63. The van der Waals surface area contributed by atoms with Gasteiger partial charge in [-0.15, -0.1) is 0 Å². The van der Waals surface area contributed by atoms with Gasteiger partial charge in [0.2, 0.25) is 0 Å². The molecule has 0 bridgehead atoms. The molecular weight excluding hydrogens is 362 g/mol. The summed E-state index contributed by atoms with van der Waals surface area (Å²) in [4.78, 5) is 25.7. The Morgan fingerprint density at radius 3 is 2.78 bits per heavy atom. The highest BCUT2D eigenvalue weighted by Crippen LogP contribution is 2.30. The zero-order valence-corrected chi connectivity index (χ0v) is 14.6. The Morgan fingerprint density at radius 1 is 1.39 bits per heavy atom. The van der Waals surface area contributed by atoms with Crippen molar-refractivity contribution < 1.29 is 19.1 Å². The number of rotatable bonds is 2. The van der Waals surface area contributed by atoms with E-state index in [1.54, 1.807) is 4.90 Å². The number of halogens is 1. The summed E-state index contributed by atoms with van der Waals surface area (Å²) in [5.41, 5.74) is 1.50. The minimum Gasteiger partial charge on any atom is -0.481 e. The van der Waals surface area contributed by atoms with Crippen LogP contribution in [0.15, 0.2) is 27.1 Å². The Balaban J connectivity index is 1.87. The number of aliphatic carboxylic acids is 1. The number of furan rings is 1. The highest BCUT2D eigenvalue weighted by Gasteiger charge is 2.34.